The smallest absolute Gasteiger partial charge is 0.0650 e. The molecule has 1 atom stereocenters. The minimum atomic E-state index is 0.599. The molecule has 0 amide bonds. The molecule has 0 saturated carbocycles. The van der Waals surface area contributed by atoms with Crippen LogP contribution >= 0.6 is 30.4 Å². The number of hydrogen-bond acceptors (Lipinski definition) is 3. The summed E-state index contributed by atoms with van der Waals surface area (Å²) < 4.78 is 10.1. The average molecular weight is 276 g/mol. The highest BCUT2D eigenvalue weighted by molar-refractivity contribution is 14.2. The third-order valence-electron chi connectivity index (χ3n) is 1.21. The predicted octanol–water partition coefficient (Wildman–Crippen LogP) is 2.67. The van der Waals surface area contributed by atoms with Crippen LogP contribution in [0.3, 0.4) is 0 Å². The molecule has 0 aromatic rings. The Balaban J connectivity index is 3.00. The van der Waals surface area contributed by atoms with Crippen molar-refractivity contribution in [1.29, 1.82) is 0 Å². The van der Waals surface area contributed by atoms with E-state index in [4.69, 9.17) is 8.92 Å². The van der Waals surface area contributed by atoms with Crippen molar-refractivity contribution < 1.29 is 8.92 Å². The lowest BCUT2D eigenvalue weighted by atomic mass is 10.1. The summed E-state index contributed by atoms with van der Waals surface area (Å²) in [5.41, 5.74) is 0. The van der Waals surface area contributed by atoms with Gasteiger partial charge >= 0.3 is 0 Å². The molecule has 0 fully saturated rings. The first-order valence-corrected chi connectivity index (χ1v) is 6.48. The van der Waals surface area contributed by atoms with Gasteiger partial charge in [0.25, 0.3) is 0 Å². The van der Waals surface area contributed by atoms with E-state index in [-0.39, 0.29) is 0 Å². The van der Waals surface area contributed by atoms with Crippen LogP contribution in [0.15, 0.2) is 0 Å². The molecule has 0 spiro atoms. The second kappa shape index (κ2) is 8.10. The van der Waals surface area contributed by atoms with Crippen LogP contribution in [0, 0.1) is 5.92 Å². The van der Waals surface area contributed by atoms with E-state index in [1.807, 2.05) is 0 Å². The van der Waals surface area contributed by atoms with E-state index in [0.717, 1.165) is 19.6 Å². The summed E-state index contributed by atoms with van der Waals surface area (Å²) in [6.07, 6.45) is 1.08. The summed E-state index contributed by atoms with van der Waals surface area (Å²) in [6.45, 7) is 3.80. The first-order valence-electron chi connectivity index (χ1n) is 3.20. The number of ether oxygens (including phenoxy) is 1. The quantitative estimate of drug-likeness (QED) is 0.549. The second-order valence-corrected chi connectivity index (χ2v) is 3.67. The fraction of sp³-hybridized carbons (Fsp3) is 1.00. The summed E-state index contributed by atoms with van der Waals surface area (Å²) in [5.74, 6) is 0.599. The van der Waals surface area contributed by atoms with Crippen molar-refractivity contribution in [2.45, 2.75) is 13.3 Å². The number of rotatable bonds is 6. The van der Waals surface area contributed by atoms with Gasteiger partial charge in [-0.2, -0.15) is 0 Å². The summed E-state index contributed by atoms with van der Waals surface area (Å²) in [7, 11) is 3.12. The highest BCUT2D eigenvalue weighted by Gasteiger charge is 2.00. The predicted molar refractivity (Wildman–Crippen MR) is 53.2 cm³/mol. The van der Waals surface area contributed by atoms with Crippen LogP contribution in [-0.2, 0) is 8.92 Å². The van der Waals surface area contributed by atoms with Crippen LogP contribution in [0.5, 0.6) is 0 Å². The van der Waals surface area contributed by atoms with Gasteiger partial charge in [0, 0.05) is 34.9 Å². The van der Waals surface area contributed by atoms with Gasteiger partial charge in [-0.25, -0.2) is 0 Å². The van der Waals surface area contributed by atoms with E-state index < -0.39 is 0 Å². The first-order chi connectivity index (χ1) is 4.81. The maximum atomic E-state index is 5.14. The van der Waals surface area contributed by atoms with E-state index >= 15 is 0 Å². The van der Waals surface area contributed by atoms with Crippen LogP contribution in [0.1, 0.15) is 13.3 Å². The van der Waals surface area contributed by atoms with Gasteiger partial charge in [-0.05, 0) is 12.3 Å². The SMILES string of the molecule is COCCC(C)COSI. The molecule has 0 bridgehead atoms. The lowest BCUT2D eigenvalue weighted by Gasteiger charge is -2.07. The van der Waals surface area contributed by atoms with Crippen LogP contribution in [-0.4, -0.2) is 20.3 Å². The molecule has 0 rings (SSSR count). The van der Waals surface area contributed by atoms with Gasteiger partial charge in [-0.1, -0.05) is 6.92 Å². The van der Waals surface area contributed by atoms with Gasteiger partial charge in [0.1, 0.15) is 0 Å². The van der Waals surface area contributed by atoms with Gasteiger partial charge in [0.2, 0.25) is 0 Å². The number of methoxy groups -OCH3 is 1. The summed E-state index contributed by atoms with van der Waals surface area (Å²) >= 11 is 2.12. The molecule has 0 aromatic heterocycles. The summed E-state index contributed by atoms with van der Waals surface area (Å²) in [6, 6.07) is 0. The van der Waals surface area contributed by atoms with Crippen molar-refractivity contribution in [2.24, 2.45) is 5.92 Å². The molecular formula is C6H13IO2S. The Morgan fingerprint density at radius 1 is 1.60 bits per heavy atom. The van der Waals surface area contributed by atoms with Gasteiger partial charge in [0.05, 0.1) is 15.8 Å². The maximum Gasteiger partial charge on any atom is 0.0650 e. The first kappa shape index (κ1) is 11.0. The third kappa shape index (κ3) is 7.11. The lowest BCUT2D eigenvalue weighted by Crippen LogP contribution is -2.05. The molecule has 0 aromatic carbocycles. The van der Waals surface area contributed by atoms with E-state index in [0.29, 0.717) is 5.92 Å². The zero-order valence-electron chi connectivity index (χ0n) is 6.30. The molecule has 1 unspecified atom stereocenters. The van der Waals surface area contributed by atoms with E-state index in [1.165, 1.54) is 9.21 Å². The van der Waals surface area contributed by atoms with Crippen LogP contribution in [0.25, 0.3) is 0 Å². The van der Waals surface area contributed by atoms with Crippen LogP contribution in [0.4, 0.5) is 0 Å². The molecule has 0 aliphatic carbocycles. The van der Waals surface area contributed by atoms with Crippen LogP contribution in [0.2, 0.25) is 0 Å². The van der Waals surface area contributed by atoms with Gasteiger partial charge in [-0.15, -0.1) is 0 Å². The Kier molecular flexibility index (Phi) is 8.91. The van der Waals surface area contributed by atoms with Crippen molar-refractivity contribution in [3.63, 3.8) is 0 Å². The number of hydrogen-bond donors (Lipinski definition) is 0. The van der Waals surface area contributed by atoms with Crippen molar-refractivity contribution in [1.82, 2.24) is 0 Å². The molecule has 4 heteroatoms. The molecular weight excluding hydrogens is 263 g/mol. The lowest BCUT2D eigenvalue weighted by molar-refractivity contribution is 0.166. The molecule has 0 aliphatic rings. The zero-order valence-corrected chi connectivity index (χ0v) is 9.28. The highest BCUT2D eigenvalue weighted by atomic mass is 127. The topological polar surface area (TPSA) is 18.5 Å². The van der Waals surface area contributed by atoms with Crippen molar-refractivity contribution in [3.8, 4) is 0 Å². The van der Waals surface area contributed by atoms with E-state index in [2.05, 4.69) is 28.1 Å². The van der Waals surface area contributed by atoms with Crippen LogP contribution < -0.4 is 0 Å². The minimum Gasteiger partial charge on any atom is -0.385 e. The van der Waals surface area contributed by atoms with E-state index in [9.17, 15) is 0 Å². The molecule has 0 radical (unpaired) electrons. The average Bonchev–Trinajstić information content (AvgIpc) is 1.97. The zero-order chi connectivity index (χ0) is 7.82. The summed E-state index contributed by atoms with van der Waals surface area (Å²) in [4.78, 5) is 0. The Morgan fingerprint density at radius 2 is 2.30 bits per heavy atom. The maximum absolute atomic E-state index is 5.14. The van der Waals surface area contributed by atoms with E-state index in [1.54, 1.807) is 7.11 Å². The molecule has 10 heavy (non-hydrogen) atoms. The summed E-state index contributed by atoms with van der Waals surface area (Å²) in [5, 5.41) is 0. The Labute approximate surface area is 78.8 Å². The Bertz CT molecular complexity index is 64.8. The van der Waals surface area contributed by atoms with Crippen molar-refractivity contribution >= 4 is 30.4 Å². The fourth-order valence-electron chi connectivity index (χ4n) is 0.544. The molecule has 0 saturated heterocycles. The Morgan fingerprint density at radius 3 is 2.80 bits per heavy atom. The van der Waals surface area contributed by atoms with Gasteiger partial charge < -0.3 is 8.92 Å². The third-order valence-corrected chi connectivity index (χ3v) is 2.20. The normalized spacial score (nSPS) is 13.5. The highest BCUT2D eigenvalue weighted by Crippen LogP contribution is 2.15. The fourth-order valence-corrected chi connectivity index (χ4v) is 1.27. The van der Waals surface area contributed by atoms with Crippen molar-refractivity contribution in [3.05, 3.63) is 0 Å². The largest absolute Gasteiger partial charge is 0.385 e. The molecule has 2 nitrogen and oxygen atoms in total. The Hall–Kier alpha value is 1.00. The second-order valence-electron chi connectivity index (χ2n) is 2.23. The minimum absolute atomic E-state index is 0.599. The standard InChI is InChI=1S/C6H13IO2S/c1-6(3-4-8-2)5-9-10-7/h6H,3-5H2,1-2H3. The molecule has 62 valence electrons. The molecule has 0 N–H and O–H groups in total. The monoisotopic (exact) mass is 276 g/mol. The van der Waals surface area contributed by atoms with Gasteiger partial charge in [0.15, 0.2) is 0 Å². The molecule has 0 aliphatic heterocycles. The molecule has 0 heterocycles. The number of halogens is 1. The van der Waals surface area contributed by atoms with Crippen molar-refractivity contribution in [2.75, 3.05) is 20.3 Å². The van der Waals surface area contributed by atoms with Gasteiger partial charge in [-0.3, -0.25) is 0 Å².